The first kappa shape index (κ1) is 13.1. The van der Waals surface area contributed by atoms with Crippen molar-refractivity contribution in [3.63, 3.8) is 0 Å². The molecule has 1 unspecified atom stereocenters. The molecule has 0 saturated heterocycles. The molecule has 2 atom stereocenters. The first-order valence-corrected chi connectivity index (χ1v) is 6.97. The second-order valence-corrected chi connectivity index (χ2v) is 5.65. The van der Waals surface area contributed by atoms with Crippen LogP contribution in [0.5, 0.6) is 5.75 Å². The van der Waals surface area contributed by atoms with Crippen LogP contribution in [0.25, 0.3) is 0 Å². The van der Waals surface area contributed by atoms with E-state index in [0.717, 1.165) is 18.6 Å². The van der Waals surface area contributed by atoms with Gasteiger partial charge in [0.15, 0.2) is 6.10 Å². The van der Waals surface area contributed by atoms with E-state index in [1.807, 2.05) is 18.2 Å². The van der Waals surface area contributed by atoms with Gasteiger partial charge >= 0.3 is 0 Å². The largest absolute Gasteiger partial charge is 0.482 e. The van der Waals surface area contributed by atoms with Gasteiger partial charge in [0.05, 0.1) is 6.04 Å². The molecule has 106 valence electrons. The molecule has 2 heterocycles. The number of nitrogens with zero attached hydrogens (tertiary/aromatic N) is 2. The zero-order valence-corrected chi connectivity index (χ0v) is 11.7. The summed E-state index contributed by atoms with van der Waals surface area (Å²) in [6, 6.07) is 7.77. The van der Waals surface area contributed by atoms with Gasteiger partial charge in [-0.15, -0.1) is 0 Å². The summed E-state index contributed by atoms with van der Waals surface area (Å²) in [6.07, 6.45) is 1.43. The highest BCUT2D eigenvalue weighted by Gasteiger charge is 2.29. The van der Waals surface area contributed by atoms with Crippen molar-refractivity contribution in [1.29, 1.82) is 0 Å². The average Bonchev–Trinajstić information content (AvgIpc) is 3.04. The lowest BCUT2D eigenvalue weighted by Gasteiger charge is -2.08. The molecule has 1 aliphatic rings. The molecule has 0 spiro atoms. The molecule has 2 aromatic rings. The third kappa shape index (κ3) is 2.54. The van der Waals surface area contributed by atoms with E-state index in [2.05, 4.69) is 30.1 Å². The predicted octanol–water partition coefficient (Wildman–Crippen LogP) is 2.79. The number of hydrogen-bond acceptors (Lipinski definition) is 5. The van der Waals surface area contributed by atoms with E-state index in [4.69, 9.17) is 15.0 Å². The van der Waals surface area contributed by atoms with Crippen LogP contribution < -0.4 is 10.5 Å². The Morgan fingerprint density at radius 3 is 2.90 bits per heavy atom. The summed E-state index contributed by atoms with van der Waals surface area (Å²) in [5.41, 5.74) is 7.23. The van der Waals surface area contributed by atoms with Crippen molar-refractivity contribution < 1.29 is 9.26 Å². The van der Waals surface area contributed by atoms with Gasteiger partial charge in [-0.1, -0.05) is 37.2 Å². The number of fused-ring (bicyclic) bond motifs is 1. The molecule has 0 bridgehead atoms. The number of para-hydroxylation sites is 1. The average molecular weight is 273 g/mol. The lowest BCUT2D eigenvalue weighted by atomic mass is 10.0. The van der Waals surface area contributed by atoms with E-state index in [1.165, 1.54) is 5.56 Å². The monoisotopic (exact) mass is 273 g/mol. The topological polar surface area (TPSA) is 74.2 Å². The maximum atomic E-state index is 6.06. The smallest absolute Gasteiger partial charge is 0.243 e. The Kier molecular flexibility index (Phi) is 3.44. The van der Waals surface area contributed by atoms with E-state index in [-0.39, 0.29) is 12.1 Å². The van der Waals surface area contributed by atoms with Crippen molar-refractivity contribution in [2.24, 2.45) is 11.7 Å². The summed E-state index contributed by atoms with van der Waals surface area (Å²) in [7, 11) is 0. The molecule has 3 rings (SSSR count). The van der Waals surface area contributed by atoms with Crippen LogP contribution in [-0.4, -0.2) is 10.1 Å². The second-order valence-electron chi connectivity index (χ2n) is 5.65. The first-order valence-electron chi connectivity index (χ1n) is 6.97. The summed E-state index contributed by atoms with van der Waals surface area (Å²) in [4.78, 5) is 4.40. The minimum absolute atomic E-state index is 0.170. The Hall–Kier alpha value is -1.88. The quantitative estimate of drug-likeness (QED) is 0.927. The normalized spacial score (nSPS) is 18.9. The molecule has 5 nitrogen and oxygen atoms in total. The van der Waals surface area contributed by atoms with Gasteiger partial charge in [0.2, 0.25) is 11.7 Å². The van der Waals surface area contributed by atoms with Crippen LogP contribution in [0.4, 0.5) is 0 Å². The van der Waals surface area contributed by atoms with Crippen LogP contribution in [0.3, 0.4) is 0 Å². The highest BCUT2D eigenvalue weighted by Crippen LogP contribution is 2.35. The van der Waals surface area contributed by atoms with Gasteiger partial charge in [0.1, 0.15) is 5.75 Å². The summed E-state index contributed by atoms with van der Waals surface area (Å²) >= 11 is 0. The van der Waals surface area contributed by atoms with E-state index in [9.17, 15) is 0 Å². The van der Waals surface area contributed by atoms with Gasteiger partial charge in [-0.3, -0.25) is 0 Å². The summed E-state index contributed by atoms with van der Waals surface area (Å²) in [6.45, 7) is 4.24. The van der Waals surface area contributed by atoms with Crippen molar-refractivity contribution >= 4 is 0 Å². The molecule has 1 aromatic carbocycles. The van der Waals surface area contributed by atoms with Crippen molar-refractivity contribution in [3.05, 3.63) is 41.5 Å². The lowest BCUT2D eigenvalue weighted by molar-refractivity contribution is 0.220. The summed E-state index contributed by atoms with van der Waals surface area (Å²) in [5, 5.41) is 4.02. The fourth-order valence-electron chi connectivity index (χ4n) is 2.46. The van der Waals surface area contributed by atoms with Crippen molar-refractivity contribution in [3.8, 4) is 5.75 Å². The maximum absolute atomic E-state index is 6.06. The third-order valence-corrected chi connectivity index (χ3v) is 3.44. The molecular weight excluding hydrogens is 254 g/mol. The second kappa shape index (κ2) is 5.25. The van der Waals surface area contributed by atoms with E-state index < -0.39 is 0 Å². The number of nitrogens with two attached hydrogens (primary N) is 1. The number of ether oxygens (including phenoxy) is 1. The van der Waals surface area contributed by atoms with Gasteiger partial charge in [0.25, 0.3) is 0 Å². The number of benzene rings is 1. The van der Waals surface area contributed by atoms with E-state index >= 15 is 0 Å². The van der Waals surface area contributed by atoms with Crippen molar-refractivity contribution in [2.75, 3.05) is 0 Å². The molecule has 0 fully saturated rings. The first-order chi connectivity index (χ1) is 9.63. The van der Waals surface area contributed by atoms with Crippen LogP contribution in [0.1, 0.15) is 49.7 Å². The van der Waals surface area contributed by atoms with E-state index in [0.29, 0.717) is 17.6 Å². The molecule has 5 heteroatoms. The molecular formula is C15H19N3O2. The minimum atomic E-state index is -0.208. The Morgan fingerprint density at radius 2 is 2.15 bits per heavy atom. The fourth-order valence-corrected chi connectivity index (χ4v) is 2.46. The molecule has 0 saturated carbocycles. The van der Waals surface area contributed by atoms with Gasteiger partial charge in [0, 0.05) is 6.42 Å². The molecule has 0 aliphatic carbocycles. The number of rotatable bonds is 4. The molecule has 0 radical (unpaired) electrons. The molecule has 20 heavy (non-hydrogen) atoms. The Morgan fingerprint density at radius 1 is 1.35 bits per heavy atom. The van der Waals surface area contributed by atoms with Crippen molar-refractivity contribution in [2.45, 2.75) is 38.8 Å². The molecule has 2 N–H and O–H groups in total. The Bertz CT molecular complexity index is 569. The summed E-state index contributed by atoms with van der Waals surface area (Å²) in [5.74, 6) is 2.46. The fraction of sp³-hybridized carbons (Fsp3) is 0.467. The SMILES string of the molecule is CC(C)C[C@H](N)c1nc(C2Cc3ccccc3O2)no1. The highest BCUT2D eigenvalue weighted by molar-refractivity contribution is 5.37. The lowest BCUT2D eigenvalue weighted by Crippen LogP contribution is -2.14. The minimum Gasteiger partial charge on any atom is -0.482 e. The molecule has 0 amide bonds. The molecule has 1 aliphatic heterocycles. The standard InChI is InChI=1S/C15H19N3O2/c1-9(2)7-11(16)15-17-14(18-20-15)13-8-10-5-3-4-6-12(10)19-13/h3-6,9,11,13H,7-8,16H2,1-2H3/t11-,13?/m0/s1. The van der Waals surface area contributed by atoms with E-state index in [1.54, 1.807) is 0 Å². The predicted molar refractivity (Wildman–Crippen MR) is 74.2 cm³/mol. The zero-order valence-electron chi connectivity index (χ0n) is 11.7. The van der Waals surface area contributed by atoms with Gasteiger partial charge in [-0.25, -0.2) is 0 Å². The number of aromatic nitrogens is 2. The van der Waals surface area contributed by atoms with Gasteiger partial charge < -0.3 is 15.0 Å². The van der Waals surface area contributed by atoms with Crippen LogP contribution in [-0.2, 0) is 6.42 Å². The van der Waals surface area contributed by atoms with Crippen LogP contribution >= 0.6 is 0 Å². The van der Waals surface area contributed by atoms with Crippen LogP contribution in [0.15, 0.2) is 28.8 Å². The Labute approximate surface area is 118 Å². The van der Waals surface area contributed by atoms with Crippen LogP contribution in [0.2, 0.25) is 0 Å². The van der Waals surface area contributed by atoms with Crippen LogP contribution in [0, 0.1) is 5.92 Å². The third-order valence-electron chi connectivity index (χ3n) is 3.44. The van der Waals surface area contributed by atoms with Crippen molar-refractivity contribution in [1.82, 2.24) is 10.1 Å². The zero-order chi connectivity index (χ0) is 14.1. The molecule has 1 aromatic heterocycles. The highest BCUT2D eigenvalue weighted by atomic mass is 16.5. The Balaban J connectivity index is 1.73. The maximum Gasteiger partial charge on any atom is 0.243 e. The van der Waals surface area contributed by atoms with Gasteiger partial charge in [-0.2, -0.15) is 4.98 Å². The van der Waals surface area contributed by atoms with Gasteiger partial charge in [-0.05, 0) is 24.0 Å². The summed E-state index contributed by atoms with van der Waals surface area (Å²) < 4.78 is 11.1. The number of hydrogen-bond donors (Lipinski definition) is 1.